The monoisotopic (exact) mass is 786 g/mol. The van der Waals surface area contributed by atoms with Crippen molar-refractivity contribution < 1.29 is 0 Å². The van der Waals surface area contributed by atoms with Crippen molar-refractivity contribution in [1.82, 2.24) is 9.13 Å². The molecule has 62 heavy (non-hydrogen) atoms. The van der Waals surface area contributed by atoms with Gasteiger partial charge in [-0.2, -0.15) is 0 Å². The van der Waals surface area contributed by atoms with Crippen LogP contribution in [0.2, 0.25) is 0 Å². The van der Waals surface area contributed by atoms with Crippen LogP contribution >= 0.6 is 0 Å². The van der Waals surface area contributed by atoms with Gasteiger partial charge < -0.3 is 9.13 Å². The molecule has 2 aromatic heterocycles. The lowest BCUT2D eigenvalue weighted by molar-refractivity contribution is 1.18. The first-order valence-electron chi connectivity index (χ1n) is 21.4. The van der Waals surface area contributed by atoms with Gasteiger partial charge in [0, 0.05) is 32.9 Å². The lowest BCUT2D eigenvalue weighted by Gasteiger charge is -2.18. The third-order valence-corrected chi connectivity index (χ3v) is 13.1. The molecule has 13 aromatic rings. The largest absolute Gasteiger partial charge is 0.309 e. The third-order valence-electron chi connectivity index (χ3n) is 13.1. The minimum Gasteiger partial charge on any atom is -0.309 e. The second-order valence-corrected chi connectivity index (χ2v) is 16.4. The Kier molecular flexibility index (Phi) is 7.64. The first kappa shape index (κ1) is 34.6. The van der Waals surface area contributed by atoms with Crippen LogP contribution < -0.4 is 0 Å². The zero-order valence-corrected chi connectivity index (χ0v) is 33.8. The number of hydrogen-bond acceptors (Lipinski definition) is 0. The van der Waals surface area contributed by atoms with Crippen molar-refractivity contribution in [3.05, 3.63) is 231 Å². The standard InChI is InChI=1S/C60H38N2/c1-3-17-39(18-4-1)58-48-24-9-11-26-50(48)59(51-27-12-10-25-49(51)58)40-31-34-43(35-32-40)62-55-30-16-14-28-52(55)60-47-23-8-7-21-44(47)53(38-57(60)62)41-33-36-46-45-22-13-15-29-54(45)61(56(46)37-41)42-19-5-2-6-20-42/h1-38H. The molecule has 0 N–H and O–H groups in total. The lowest BCUT2D eigenvalue weighted by atomic mass is 9.86. The summed E-state index contributed by atoms with van der Waals surface area (Å²) in [5.41, 5.74) is 14.5. The lowest BCUT2D eigenvalue weighted by Crippen LogP contribution is -1.96. The molecule has 0 aliphatic heterocycles. The zero-order chi connectivity index (χ0) is 40.7. The van der Waals surface area contributed by atoms with Gasteiger partial charge in [-0.05, 0) is 114 Å². The predicted octanol–water partition coefficient (Wildman–Crippen LogP) is 16.3. The van der Waals surface area contributed by atoms with Gasteiger partial charge in [0.2, 0.25) is 0 Å². The van der Waals surface area contributed by atoms with Crippen molar-refractivity contribution in [2.24, 2.45) is 0 Å². The van der Waals surface area contributed by atoms with E-state index in [9.17, 15) is 0 Å². The van der Waals surface area contributed by atoms with Crippen LogP contribution in [-0.2, 0) is 0 Å². The fraction of sp³-hybridized carbons (Fsp3) is 0. The summed E-state index contributed by atoms with van der Waals surface area (Å²) in [6, 6.07) is 84.7. The SMILES string of the molecule is c1ccc(-c2c3ccccc3c(-c3ccc(-n4c5ccccc5c5c6ccccc6c(-c6ccc7c8ccccc8n(-c8ccccc8)c7c6)cc54)cc3)c3ccccc23)cc1. The van der Waals surface area contributed by atoms with Gasteiger partial charge in [0.05, 0.1) is 22.1 Å². The summed E-state index contributed by atoms with van der Waals surface area (Å²) in [5.74, 6) is 0. The Bertz CT molecular complexity index is 3830. The zero-order valence-electron chi connectivity index (χ0n) is 33.8. The summed E-state index contributed by atoms with van der Waals surface area (Å²) in [7, 11) is 0. The van der Waals surface area contributed by atoms with Crippen molar-refractivity contribution in [3.63, 3.8) is 0 Å². The van der Waals surface area contributed by atoms with E-state index in [1.165, 1.54) is 109 Å². The molecule has 0 radical (unpaired) electrons. The van der Waals surface area contributed by atoms with E-state index in [2.05, 4.69) is 240 Å². The van der Waals surface area contributed by atoms with Gasteiger partial charge in [-0.1, -0.05) is 182 Å². The number of benzene rings is 11. The Balaban J connectivity index is 1.04. The molecule has 2 heteroatoms. The van der Waals surface area contributed by atoms with Crippen LogP contribution in [0, 0.1) is 0 Å². The fourth-order valence-corrected chi connectivity index (χ4v) is 10.5. The number of para-hydroxylation sites is 3. The number of nitrogens with zero attached hydrogens (tertiary/aromatic N) is 2. The van der Waals surface area contributed by atoms with Crippen LogP contribution in [0.15, 0.2) is 231 Å². The minimum absolute atomic E-state index is 1.13. The molecule has 0 saturated carbocycles. The maximum Gasteiger partial charge on any atom is 0.0553 e. The molecule has 0 atom stereocenters. The molecule has 0 saturated heterocycles. The van der Waals surface area contributed by atoms with Gasteiger partial charge in [0.1, 0.15) is 0 Å². The maximum atomic E-state index is 2.47. The molecule has 0 unspecified atom stereocenters. The van der Waals surface area contributed by atoms with Crippen LogP contribution in [0.5, 0.6) is 0 Å². The smallest absolute Gasteiger partial charge is 0.0553 e. The highest BCUT2D eigenvalue weighted by molar-refractivity contribution is 6.25. The van der Waals surface area contributed by atoms with Crippen LogP contribution in [0.4, 0.5) is 0 Å². The van der Waals surface area contributed by atoms with Gasteiger partial charge in [0.15, 0.2) is 0 Å². The van der Waals surface area contributed by atoms with E-state index in [0.717, 1.165) is 11.4 Å². The third kappa shape index (κ3) is 5.11. The first-order chi connectivity index (χ1) is 30.8. The minimum atomic E-state index is 1.13. The Morgan fingerprint density at radius 3 is 1.27 bits per heavy atom. The average molecular weight is 787 g/mol. The Morgan fingerprint density at radius 1 is 0.226 bits per heavy atom. The van der Waals surface area contributed by atoms with E-state index in [4.69, 9.17) is 0 Å². The number of aromatic nitrogens is 2. The molecule has 11 aromatic carbocycles. The summed E-state index contributed by atoms with van der Waals surface area (Å²) in [4.78, 5) is 0. The van der Waals surface area contributed by atoms with Crippen molar-refractivity contribution in [3.8, 4) is 44.8 Å². The molecule has 2 nitrogen and oxygen atoms in total. The molecular weight excluding hydrogens is 749 g/mol. The van der Waals surface area contributed by atoms with E-state index in [1.807, 2.05) is 0 Å². The van der Waals surface area contributed by atoms with E-state index in [-0.39, 0.29) is 0 Å². The molecule has 0 amide bonds. The van der Waals surface area contributed by atoms with Crippen LogP contribution in [0.1, 0.15) is 0 Å². The van der Waals surface area contributed by atoms with Gasteiger partial charge in [-0.25, -0.2) is 0 Å². The highest BCUT2D eigenvalue weighted by Crippen LogP contribution is 2.46. The van der Waals surface area contributed by atoms with Crippen molar-refractivity contribution >= 4 is 75.9 Å². The normalized spacial score (nSPS) is 11.9. The van der Waals surface area contributed by atoms with Crippen molar-refractivity contribution in [2.75, 3.05) is 0 Å². The quantitative estimate of drug-likeness (QED) is 0.154. The highest BCUT2D eigenvalue weighted by Gasteiger charge is 2.21. The van der Waals surface area contributed by atoms with Crippen LogP contribution in [0.3, 0.4) is 0 Å². The molecule has 0 aliphatic carbocycles. The van der Waals surface area contributed by atoms with E-state index >= 15 is 0 Å². The average Bonchev–Trinajstić information content (AvgIpc) is 3.86. The molecule has 0 spiro atoms. The van der Waals surface area contributed by atoms with Crippen molar-refractivity contribution in [2.45, 2.75) is 0 Å². The number of fused-ring (bicyclic) bond motifs is 10. The summed E-state index contributed by atoms with van der Waals surface area (Å²) < 4.78 is 4.88. The predicted molar refractivity (Wildman–Crippen MR) is 264 cm³/mol. The van der Waals surface area contributed by atoms with Gasteiger partial charge in [-0.15, -0.1) is 0 Å². The Labute approximate surface area is 358 Å². The summed E-state index contributed by atoms with van der Waals surface area (Å²) in [5, 5.41) is 12.6. The number of rotatable bonds is 5. The van der Waals surface area contributed by atoms with Crippen LogP contribution in [0.25, 0.3) is 121 Å². The molecule has 288 valence electrons. The van der Waals surface area contributed by atoms with Gasteiger partial charge >= 0.3 is 0 Å². The molecule has 2 heterocycles. The summed E-state index contributed by atoms with van der Waals surface area (Å²) >= 11 is 0. The topological polar surface area (TPSA) is 9.86 Å². The number of hydrogen-bond donors (Lipinski definition) is 0. The summed E-state index contributed by atoms with van der Waals surface area (Å²) in [6.07, 6.45) is 0. The van der Waals surface area contributed by atoms with E-state index in [1.54, 1.807) is 0 Å². The van der Waals surface area contributed by atoms with Crippen LogP contribution in [-0.4, -0.2) is 9.13 Å². The molecule has 13 rings (SSSR count). The molecular formula is C60H38N2. The van der Waals surface area contributed by atoms with Gasteiger partial charge in [0.25, 0.3) is 0 Å². The van der Waals surface area contributed by atoms with E-state index < -0.39 is 0 Å². The van der Waals surface area contributed by atoms with E-state index in [0.29, 0.717) is 0 Å². The Hall–Kier alpha value is -8.20. The van der Waals surface area contributed by atoms with Gasteiger partial charge in [-0.3, -0.25) is 0 Å². The Morgan fingerprint density at radius 2 is 0.645 bits per heavy atom. The molecule has 0 bridgehead atoms. The maximum absolute atomic E-state index is 2.47. The van der Waals surface area contributed by atoms with Crippen molar-refractivity contribution in [1.29, 1.82) is 0 Å². The summed E-state index contributed by atoms with van der Waals surface area (Å²) in [6.45, 7) is 0. The molecule has 0 aliphatic rings. The second kappa shape index (κ2) is 13.7. The fourth-order valence-electron chi connectivity index (χ4n) is 10.5. The molecule has 0 fully saturated rings. The highest BCUT2D eigenvalue weighted by atomic mass is 15.0. The second-order valence-electron chi connectivity index (χ2n) is 16.4. The first-order valence-corrected chi connectivity index (χ1v) is 21.4.